The maximum atomic E-state index is 12.6. The van der Waals surface area contributed by atoms with Crippen LogP contribution in [0.3, 0.4) is 0 Å². The SMILES string of the molecule is O=C1c2ccccc2C(=O)N1C[C@@H]1CC(=O)N(c2ccc(N3CCOCC3=O)cc2)C1. The minimum atomic E-state index is -0.300. The Balaban J connectivity index is 1.27. The summed E-state index contributed by atoms with van der Waals surface area (Å²) in [5, 5.41) is 0. The molecule has 4 amide bonds. The van der Waals surface area contributed by atoms with Crippen molar-refractivity contribution in [3.05, 3.63) is 59.7 Å². The van der Waals surface area contributed by atoms with Gasteiger partial charge in [0.05, 0.1) is 17.7 Å². The molecule has 8 nitrogen and oxygen atoms in total. The maximum Gasteiger partial charge on any atom is 0.261 e. The number of hydrogen-bond donors (Lipinski definition) is 0. The van der Waals surface area contributed by atoms with E-state index in [4.69, 9.17) is 4.74 Å². The van der Waals surface area contributed by atoms with Gasteiger partial charge in [0.25, 0.3) is 17.7 Å². The minimum absolute atomic E-state index is 0.0446. The van der Waals surface area contributed by atoms with Crippen molar-refractivity contribution in [1.82, 2.24) is 4.90 Å². The Morgan fingerprint density at radius 2 is 1.42 bits per heavy atom. The molecule has 0 bridgehead atoms. The molecule has 0 aromatic heterocycles. The fraction of sp³-hybridized carbons (Fsp3) is 0.304. The second-order valence-electron chi connectivity index (χ2n) is 7.96. The Morgan fingerprint density at radius 3 is 2.03 bits per heavy atom. The Bertz CT molecular complexity index is 1050. The fourth-order valence-electron chi connectivity index (χ4n) is 4.42. The molecule has 3 aliphatic heterocycles. The predicted octanol–water partition coefficient (Wildman–Crippen LogP) is 1.70. The summed E-state index contributed by atoms with van der Waals surface area (Å²) in [7, 11) is 0. The molecule has 0 unspecified atom stereocenters. The van der Waals surface area contributed by atoms with Crippen LogP contribution in [0, 0.1) is 5.92 Å². The molecule has 0 radical (unpaired) electrons. The van der Waals surface area contributed by atoms with E-state index in [0.717, 1.165) is 11.4 Å². The first-order valence-corrected chi connectivity index (χ1v) is 10.3. The summed E-state index contributed by atoms with van der Waals surface area (Å²) in [6.45, 7) is 1.73. The lowest BCUT2D eigenvalue weighted by Crippen LogP contribution is -2.41. The van der Waals surface area contributed by atoms with E-state index in [-0.39, 0.29) is 49.1 Å². The zero-order valence-corrected chi connectivity index (χ0v) is 16.8. The molecule has 0 N–H and O–H groups in total. The molecule has 2 aromatic carbocycles. The summed E-state index contributed by atoms with van der Waals surface area (Å²) < 4.78 is 5.16. The molecule has 2 aromatic rings. The van der Waals surface area contributed by atoms with E-state index in [1.807, 2.05) is 24.3 Å². The Hall–Kier alpha value is -3.52. The number of amides is 4. The number of benzene rings is 2. The van der Waals surface area contributed by atoms with E-state index in [1.54, 1.807) is 34.1 Å². The average molecular weight is 419 g/mol. The Labute approximate surface area is 179 Å². The Morgan fingerprint density at radius 1 is 0.806 bits per heavy atom. The summed E-state index contributed by atoms with van der Waals surface area (Å²) in [6, 6.07) is 14.1. The van der Waals surface area contributed by atoms with Gasteiger partial charge in [0, 0.05) is 43.3 Å². The number of carbonyl (C=O) groups excluding carboxylic acids is 4. The van der Waals surface area contributed by atoms with Crippen molar-refractivity contribution in [2.45, 2.75) is 6.42 Å². The van der Waals surface area contributed by atoms with Gasteiger partial charge in [0.1, 0.15) is 6.61 Å². The highest BCUT2D eigenvalue weighted by molar-refractivity contribution is 6.21. The number of hydrogen-bond acceptors (Lipinski definition) is 5. The molecule has 2 fully saturated rings. The van der Waals surface area contributed by atoms with E-state index in [9.17, 15) is 19.2 Å². The van der Waals surface area contributed by atoms with Crippen molar-refractivity contribution in [3.8, 4) is 0 Å². The van der Waals surface area contributed by atoms with E-state index >= 15 is 0 Å². The molecule has 5 rings (SSSR count). The number of carbonyl (C=O) groups is 4. The van der Waals surface area contributed by atoms with Gasteiger partial charge in [-0.3, -0.25) is 24.1 Å². The van der Waals surface area contributed by atoms with Crippen molar-refractivity contribution in [3.63, 3.8) is 0 Å². The number of nitrogens with zero attached hydrogens (tertiary/aromatic N) is 3. The zero-order valence-electron chi connectivity index (χ0n) is 16.8. The van der Waals surface area contributed by atoms with Gasteiger partial charge in [-0.15, -0.1) is 0 Å². The van der Waals surface area contributed by atoms with Gasteiger partial charge in [0.2, 0.25) is 5.91 Å². The van der Waals surface area contributed by atoms with Crippen LogP contribution >= 0.6 is 0 Å². The summed E-state index contributed by atoms with van der Waals surface area (Å²) in [6.07, 6.45) is 0.275. The topological polar surface area (TPSA) is 87.2 Å². The number of fused-ring (bicyclic) bond motifs is 1. The van der Waals surface area contributed by atoms with Crippen LogP contribution in [0.25, 0.3) is 0 Å². The maximum absolute atomic E-state index is 12.6. The summed E-state index contributed by atoms with van der Waals surface area (Å²) in [5.41, 5.74) is 2.34. The second kappa shape index (κ2) is 7.63. The molecule has 3 heterocycles. The summed E-state index contributed by atoms with van der Waals surface area (Å²) in [5.74, 6) is -0.860. The smallest absolute Gasteiger partial charge is 0.261 e. The molecule has 0 spiro atoms. The van der Waals surface area contributed by atoms with Crippen LogP contribution in [0.4, 0.5) is 11.4 Å². The van der Waals surface area contributed by atoms with E-state index in [0.29, 0.717) is 30.8 Å². The molecule has 2 saturated heterocycles. The summed E-state index contributed by atoms with van der Waals surface area (Å²) >= 11 is 0. The largest absolute Gasteiger partial charge is 0.370 e. The number of morpholine rings is 1. The number of imide groups is 1. The van der Waals surface area contributed by atoms with Crippen LogP contribution in [0.5, 0.6) is 0 Å². The van der Waals surface area contributed by atoms with Gasteiger partial charge in [-0.1, -0.05) is 12.1 Å². The monoisotopic (exact) mass is 419 g/mol. The number of ether oxygens (including phenoxy) is 1. The molecule has 0 aliphatic carbocycles. The van der Waals surface area contributed by atoms with Crippen molar-refractivity contribution in [2.75, 3.05) is 42.6 Å². The second-order valence-corrected chi connectivity index (χ2v) is 7.96. The van der Waals surface area contributed by atoms with E-state index in [1.165, 1.54) is 4.90 Å². The fourth-order valence-corrected chi connectivity index (χ4v) is 4.42. The molecule has 1 atom stereocenters. The van der Waals surface area contributed by atoms with E-state index in [2.05, 4.69) is 0 Å². The van der Waals surface area contributed by atoms with Crippen LogP contribution in [0.1, 0.15) is 27.1 Å². The molecule has 3 aliphatic rings. The summed E-state index contributed by atoms with van der Waals surface area (Å²) in [4.78, 5) is 54.5. The first kappa shape index (κ1) is 19.4. The van der Waals surface area contributed by atoms with Gasteiger partial charge in [-0.2, -0.15) is 0 Å². The molecular formula is C23H21N3O5. The van der Waals surface area contributed by atoms with Crippen LogP contribution in [0.2, 0.25) is 0 Å². The van der Waals surface area contributed by atoms with Crippen LogP contribution in [0.15, 0.2) is 48.5 Å². The number of anilines is 2. The van der Waals surface area contributed by atoms with Crippen LogP contribution in [-0.2, 0) is 14.3 Å². The standard InChI is InChI=1S/C23H21N3O5/c27-20-11-15(13-26-22(29)18-3-1-2-4-19(18)23(26)30)12-25(20)17-7-5-16(6-8-17)24-9-10-31-14-21(24)28/h1-8,15H,9-14H2/t15-/m1/s1. The van der Waals surface area contributed by atoms with Gasteiger partial charge in [-0.05, 0) is 36.4 Å². The predicted molar refractivity (Wildman–Crippen MR) is 112 cm³/mol. The normalized spacial score (nSPS) is 21.3. The third-order valence-electron chi connectivity index (χ3n) is 5.98. The van der Waals surface area contributed by atoms with Crippen LogP contribution < -0.4 is 9.80 Å². The third kappa shape index (κ3) is 3.38. The first-order valence-electron chi connectivity index (χ1n) is 10.3. The van der Waals surface area contributed by atoms with Crippen molar-refractivity contribution >= 4 is 35.0 Å². The third-order valence-corrected chi connectivity index (χ3v) is 5.98. The molecule has 8 heteroatoms. The highest BCUT2D eigenvalue weighted by Gasteiger charge is 2.39. The highest BCUT2D eigenvalue weighted by atomic mass is 16.5. The lowest BCUT2D eigenvalue weighted by molar-refractivity contribution is -0.125. The molecular weight excluding hydrogens is 398 g/mol. The van der Waals surface area contributed by atoms with Gasteiger partial charge in [-0.25, -0.2) is 0 Å². The Kier molecular flexibility index (Phi) is 4.78. The average Bonchev–Trinajstić information content (AvgIpc) is 3.27. The van der Waals surface area contributed by atoms with Crippen molar-refractivity contribution in [1.29, 1.82) is 0 Å². The van der Waals surface area contributed by atoms with Gasteiger partial charge >= 0.3 is 0 Å². The quantitative estimate of drug-likeness (QED) is 0.704. The zero-order chi connectivity index (χ0) is 21.5. The van der Waals surface area contributed by atoms with Crippen molar-refractivity contribution < 1.29 is 23.9 Å². The van der Waals surface area contributed by atoms with Gasteiger partial charge in [0.15, 0.2) is 0 Å². The van der Waals surface area contributed by atoms with Crippen LogP contribution in [-0.4, -0.2) is 61.4 Å². The number of rotatable bonds is 4. The highest BCUT2D eigenvalue weighted by Crippen LogP contribution is 2.30. The first-order chi connectivity index (χ1) is 15.0. The lowest BCUT2D eigenvalue weighted by atomic mass is 10.1. The molecule has 31 heavy (non-hydrogen) atoms. The van der Waals surface area contributed by atoms with Crippen molar-refractivity contribution in [2.24, 2.45) is 5.92 Å². The minimum Gasteiger partial charge on any atom is -0.370 e. The lowest BCUT2D eigenvalue weighted by Gasteiger charge is -2.27. The van der Waals surface area contributed by atoms with E-state index < -0.39 is 0 Å². The molecule has 0 saturated carbocycles. The van der Waals surface area contributed by atoms with Gasteiger partial charge < -0.3 is 14.5 Å². The molecule has 158 valence electrons.